The third-order valence-corrected chi connectivity index (χ3v) is 4.90. The Morgan fingerprint density at radius 3 is 2.88 bits per heavy atom. The first-order valence-corrected chi connectivity index (χ1v) is 8.65. The summed E-state index contributed by atoms with van der Waals surface area (Å²) in [5.41, 5.74) is -1.08. The summed E-state index contributed by atoms with van der Waals surface area (Å²) in [5, 5.41) is 10.9. The van der Waals surface area contributed by atoms with Gasteiger partial charge in [-0.15, -0.1) is 0 Å². The molecule has 0 amide bonds. The summed E-state index contributed by atoms with van der Waals surface area (Å²) in [6, 6.07) is 6.47. The van der Waals surface area contributed by atoms with Crippen LogP contribution in [0, 0.1) is 5.82 Å². The van der Waals surface area contributed by atoms with Crippen molar-refractivity contribution in [3.05, 3.63) is 30.1 Å². The van der Waals surface area contributed by atoms with Gasteiger partial charge in [-0.2, -0.15) is 0 Å². The molecule has 0 radical (unpaired) electrons. The fourth-order valence-corrected chi connectivity index (χ4v) is 3.48. The van der Waals surface area contributed by atoms with Gasteiger partial charge in [-0.05, 0) is 45.1 Å². The molecule has 3 rings (SSSR count). The number of rotatable bonds is 4. The van der Waals surface area contributed by atoms with E-state index in [1.165, 1.54) is 12.1 Å². The number of ether oxygens (including phenoxy) is 2. The van der Waals surface area contributed by atoms with Crippen LogP contribution in [-0.4, -0.2) is 79.6 Å². The van der Waals surface area contributed by atoms with Gasteiger partial charge in [0.25, 0.3) is 0 Å². The molecular formula is C18H27FN2O3. The lowest BCUT2D eigenvalue weighted by atomic mass is 10.00. The number of aliphatic hydroxyl groups is 1. The molecule has 0 aromatic heterocycles. The van der Waals surface area contributed by atoms with Gasteiger partial charge in [0, 0.05) is 25.2 Å². The Morgan fingerprint density at radius 2 is 2.12 bits per heavy atom. The molecule has 0 aliphatic carbocycles. The highest BCUT2D eigenvalue weighted by molar-refractivity contribution is 5.22. The molecule has 2 aliphatic rings. The molecule has 0 spiro atoms. The molecule has 2 aliphatic heterocycles. The third kappa shape index (κ3) is 4.66. The minimum atomic E-state index is -1.08. The summed E-state index contributed by atoms with van der Waals surface area (Å²) in [6.07, 6.45) is 2.22. The van der Waals surface area contributed by atoms with Crippen LogP contribution in [0.1, 0.15) is 12.8 Å². The van der Waals surface area contributed by atoms with Crippen LogP contribution in [-0.2, 0) is 4.74 Å². The Balaban J connectivity index is 1.60. The summed E-state index contributed by atoms with van der Waals surface area (Å²) in [4.78, 5) is 4.67. The zero-order valence-corrected chi connectivity index (χ0v) is 14.3. The van der Waals surface area contributed by atoms with Crippen molar-refractivity contribution in [1.82, 2.24) is 9.80 Å². The molecule has 6 heteroatoms. The lowest BCUT2D eigenvalue weighted by Crippen LogP contribution is -2.53. The van der Waals surface area contributed by atoms with Crippen LogP contribution < -0.4 is 4.74 Å². The van der Waals surface area contributed by atoms with E-state index in [0.29, 0.717) is 24.9 Å². The van der Waals surface area contributed by atoms with Crippen LogP contribution >= 0.6 is 0 Å². The van der Waals surface area contributed by atoms with E-state index in [4.69, 9.17) is 9.47 Å². The number of nitrogens with zero attached hydrogens (tertiary/aromatic N) is 2. The average molecular weight is 338 g/mol. The molecule has 1 atom stereocenters. The van der Waals surface area contributed by atoms with E-state index in [1.807, 2.05) is 0 Å². The molecule has 0 saturated carbocycles. The van der Waals surface area contributed by atoms with Gasteiger partial charge >= 0.3 is 0 Å². The molecule has 2 saturated heterocycles. The average Bonchev–Trinajstić information content (AvgIpc) is 2.76. The number of hydrogen-bond donors (Lipinski definition) is 1. The summed E-state index contributed by atoms with van der Waals surface area (Å²) >= 11 is 0. The molecule has 1 aromatic carbocycles. The maximum atomic E-state index is 13.3. The Kier molecular flexibility index (Phi) is 5.71. The van der Waals surface area contributed by atoms with Gasteiger partial charge in [-0.25, -0.2) is 4.39 Å². The van der Waals surface area contributed by atoms with Crippen molar-refractivity contribution >= 4 is 0 Å². The molecule has 2 fully saturated rings. The molecular weight excluding hydrogens is 311 g/mol. The topological polar surface area (TPSA) is 45.2 Å². The molecule has 1 aromatic rings. The molecule has 1 N–H and O–H groups in total. The van der Waals surface area contributed by atoms with Gasteiger partial charge in [0.1, 0.15) is 23.8 Å². The fourth-order valence-electron chi connectivity index (χ4n) is 3.48. The highest BCUT2D eigenvalue weighted by atomic mass is 19.1. The number of hydrogen-bond acceptors (Lipinski definition) is 5. The van der Waals surface area contributed by atoms with Crippen LogP contribution in [0.15, 0.2) is 24.3 Å². The number of benzene rings is 1. The highest BCUT2D eigenvalue weighted by Gasteiger charge is 2.36. The van der Waals surface area contributed by atoms with E-state index < -0.39 is 5.60 Å². The summed E-state index contributed by atoms with van der Waals surface area (Å²) in [5.74, 6) is 0.0862. The molecule has 2 heterocycles. The van der Waals surface area contributed by atoms with Gasteiger partial charge < -0.3 is 19.5 Å². The SMILES string of the molecule is CN1CCC(N2CCOC[C@@](O)(COc3cccc(F)c3)C2)CC1. The first-order valence-electron chi connectivity index (χ1n) is 8.65. The third-order valence-electron chi connectivity index (χ3n) is 4.90. The van der Waals surface area contributed by atoms with Crippen LogP contribution in [0.25, 0.3) is 0 Å². The molecule has 0 bridgehead atoms. The second-order valence-corrected chi connectivity index (χ2v) is 7.03. The minimum absolute atomic E-state index is 0.0968. The highest BCUT2D eigenvalue weighted by Crippen LogP contribution is 2.22. The Labute approximate surface area is 143 Å². The Bertz CT molecular complexity index is 537. The van der Waals surface area contributed by atoms with Crippen molar-refractivity contribution in [2.45, 2.75) is 24.5 Å². The van der Waals surface area contributed by atoms with Crippen molar-refractivity contribution in [2.75, 3.05) is 53.0 Å². The van der Waals surface area contributed by atoms with E-state index >= 15 is 0 Å². The normalized spacial score (nSPS) is 27.8. The van der Waals surface area contributed by atoms with Crippen molar-refractivity contribution in [3.63, 3.8) is 0 Å². The van der Waals surface area contributed by atoms with Gasteiger partial charge in [0.05, 0.1) is 13.2 Å². The molecule has 134 valence electrons. The minimum Gasteiger partial charge on any atom is -0.490 e. The quantitative estimate of drug-likeness (QED) is 0.898. The van der Waals surface area contributed by atoms with Crippen LogP contribution in [0.3, 0.4) is 0 Å². The predicted molar refractivity (Wildman–Crippen MR) is 89.8 cm³/mol. The Hall–Kier alpha value is -1.21. The van der Waals surface area contributed by atoms with E-state index in [9.17, 15) is 9.50 Å². The van der Waals surface area contributed by atoms with Gasteiger partial charge in [0.15, 0.2) is 0 Å². The van der Waals surface area contributed by atoms with Crippen LogP contribution in [0.5, 0.6) is 5.75 Å². The summed E-state index contributed by atoms with van der Waals surface area (Å²) in [6.45, 7) is 4.48. The standard InChI is InChI=1S/C18H27FN2O3/c1-20-7-5-16(6-8-20)21-9-10-23-13-18(22,12-21)14-24-17-4-2-3-15(19)11-17/h2-4,11,16,22H,5-10,12-14H2,1H3/t18-/m1/s1. The zero-order chi connectivity index (χ0) is 17.0. The van der Waals surface area contributed by atoms with E-state index in [0.717, 1.165) is 32.5 Å². The Morgan fingerprint density at radius 1 is 1.33 bits per heavy atom. The second-order valence-electron chi connectivity index (χ2n) is 7.03. The maximum Gasteiger partial charge on any atom is 0.134 e. The van der Waals surface area contributed by atoms with Crippen molar-refractivity contribution < 1.29 is 19.0 Å². The smallest absolute Gasteiger partial charge is 0.134 e. The van der Waals surface area contributed by atoms with E-state index in [2.05, 4.69) is 16.8 Å². The first kappa shape index (κ1) is 17.6. The fraction of sp³-hybridized carbons (Fsp3) is 0.667. The molecule has 0 unspecified atom stereocenters. The molecule has 5 nitrogen and oxygen atoms in total. The van der Waals surface area contributed by atoms with E-state index in [1.54, 1.807) is 12.1 Å². The second kappa shape index (κ2) is 7.78. The maximum absolute atomic E-state index is 13.3. The summed E-state index contributed by atoms with van der Waals surface area (Å²) in [7, 11) is 2.14. The van der Waals surface area contributed by atoms with Crippen molar-refractivity contribution in [2.24, 2.45) is 0 Å². The predicted octanol–water partition coefficient (Wildman–Crippen LogP) is 1.36. The number of β-amino-alcohol motifs (C(OH)–C–C–N with tert-alkyl or cyclic N) is 1. The zero-order valence-electron chi connectivity index (χ0n) is 14.3. The number of likely N-dealkylation sites (tertiary alicyclic amines) is 1. The largest absolute Gasteiger partial charge is 0.490 e. The van der Waals surface area contributed by atoms with Gasteiger partial charge in [0.2, 0.25) is 0 Å². The van der Waals surface area contributed by atoms with Crippen molar-refractivity contribution in [3.8, 4) is 5.75 Å². The van der Waals surface area contributed by atoms with Crippen LogP contribution in [0.2, 0.25) is 0 Å². The molecule has 24 heavy (non-hydrogen) atoms. The monoisotopic (exact) mass is 338 g/mol. The van der Waals surface area contributed by atoms with Crippen molar-refractivity contribution in [1.29, 1.82) is 0 Å². The number of halogens is 1. The lowest BCUT2D eigenvalue weighted by molar-refractivity contribution is -0.0688. The van der Waals surface area contributed by atoms with Crippen LogP contribution in [0.4, 0.5) is 4.39 Å². The summed E-state index contributed by atoms with van der Waals surface area (Å²) < 4.78 is 24.5. The van der Waals surface area contributed by atoms with E-state index in [-0.39, 0.29) is 19.0 Å². The number of piperidine rings is 1. The van der Waals surface area contributed by atoms with Gasteiger partial charge in [-0.3, -0.25) is 4.90 Å². The lowest BCUT2D eigenvalue weighted by Gasteiger charge is -2.39. The van der Waals surface area contributed by atoms with Gasteiger partial charge in [-0.1, -0.05) is 6.07 Å². The first-order chi connectivity index (χ1) is 11.5.